The molecule has 0 atom stereocenters. The van der Waals surface area contributed by atoms with E-state index >= 15 is 0 Å². The molecule has 1 saturated carbocycles. The summed E-state index contributed by atoms with van der Waals surface area (Å²) >= 11 is 0. The average Bonchev–Trinajstić information content (AvgIpc) is 2.32. The summed E-state index contributed by atoms with van der Waals surface area (Å²) < 4.78 is 0. The second kappa shape index (κ2) is 5.21. The molecule has 0 aromatic heterocycles. The molecule has 1 aromatic carbocycles. The van der Waals surface area contributed by atoms with Gasteiger partial charge in [0, 0.05) is 24.8 Å². The lowest BCUT2D eigenvalue weighted by Gasteiger charge is -2.49. The molecule has 0 saturated heterocycles. The molecular formula is C15H23N3O. The molecule has 104 valence electrons. The maximum absolute atomic E-state index is 12.4. The normalized spacial score (nSPS) is 17.1. The molecule has 1 aromatic rings. The van der Waals surface area contributed by atoms with E-state index in [1.165, 1.54) is 6.42 Å². The Morgan fingerprint density at radius 2 is 1.89 bits per heavy atom. The third-order valence-corrected chi connectivity index (χ3v) is 4.30. The second-order valence-electron chi connectivity index (χ2n) is 5.72. The number of hydrogen-bond donors (Lipinski definition) is 1. The average molecular weight is 261 g/mol. The predicted octanol–water partition coefficient (Wildman–Crippen LogP) is 1.83. The number of nitrogens with two attached hydrogens (primary N) is 1. The molecule has 19 heavy (non-hydrogen) atoms. The zero-order chi connectivity index (χ0) is 14.0. The van der Waals surface area contributed by atoms with Gasteiger partial charge in [-0.15, -0.1) is 0 Å². The Bertz CT molecular complexity index is 466. The van der Waals surface area contributed by atoms with Crippen LogP contribution in [0.25, 0.3) is 0 Å². The van der Waals surface area contributed by atoms with Crippen molar-refractivity contribution in [1.82, 2.24) is 9.80 Å². The van der Waals surface area contributed by atoms with Crippen molar-refractivity contribution < 1.29 is 4.79 Å². The van der Waals surface area contributed by atoms with Crippen LogP contribution in [0, 0.1) is 0 Å². The van der Waals surface area contributed by atoms with Crippen molar-refractivity contribution in [1.29, 1.82) is 0 Å². The van der Waals surface area contributed by atoms with Crippen molar-refractivity contribution in [2.45, 2.75) is 24.8 Å². The van der Waals surface area contributed by atoms with Gasteiger partial charge < -0.3 is 15.5 Å². The molecule has 4 nitrogen and oxygen atoms in total. The molecule has 0 radical (unpaired) electrons. The molecule has 1 amide bonds. The molecule has 1 fully saturated rings. The van der Waals surface area contributed by atoms with Gasteiger partial charge in [0.1, 0.15) is 0 Å². The fourth-order valence-corrected chi connectivity index (χ4v) is 2.74. The van der Waals surface area contributed by atoms with Crippen LogP contribution < -0.4 is 5.73 Å². The van der Waals surface area contributed by atoms with Crippen molar-refractivity contribution in [3.8, 4) is 0 Å². The SMILES string of the molecule is CN(CC1(N(C)C)CCC1)C(=O)c1ccccc1N. The van der Waals surface area contributed by atoms with Crippen LogP contribution in [0.15, 0.2) is 24.3 Å². The van der Waals surface area contributed by atoms with Gasteiger partial charge in [0.15, 0.2) is 0 Å². The van der Waals surface area contributed by atoms with Crippen molar-refractivity contribution in [2.24, 2.45) is 0 Å². The topological polar surface area (TPSA) is 49.6 Å². The highest BCUT2D eigenvalue weighted by molar-refractivity contribution is 5.98. The number of rotatable bonds is 4. The molecule has 0 unspecified atom stereocenters. The molecule has 2 N–H and O–H groups in total. The molecule has 4 heteroatoms. The molecule has 2 rings (SSSR count). The smallest absolute Gasteiger partial charge is 0.255 e. The van der Waals surface area contributed by atoms with Gasteiger partial charge in [0.05, 0.1) is 5.56 Å². The maximum Gasteiger partial charge on any atom is 0.255 e. The van der Waals surface area contributed by atoms with E-state index in [1.807, 2.05) is 19.2 Å². The highest BCUT2D eigenvalue weighted by atomic mass is 16.2. The molecular weight excluding hydrogens is 238 g/mol. The summed E-state index contributed by atoms with van der Waals surface area (Å²) in [7, 11) is 6.04. The van der Waals surface area contributed by atoms with Crippen LogP contribution in [0.4, 0.5) is 5.69 Å². The number of para-hydroxylation sites is 1. The highest BCUT2D eigenvalue weighted by Crippen LogP contribution is 2.36. The summed E-state index contributed by atoms with van der Waals surface area (Å²) in [5.41, 5.74) is 7.16. The number of nitrogen functional groups attached to an aromatic ring is 1. The first-order valence-corrected chi connectivity index (χ1v) is 6.74. The van der Waals surface area contributed by atoms with Crippen LogP contribution in [0.1, 0.15) is 29.6 Å². The first-order valence-electron chi connectivity index (χ1n) is 6.74. The van der Waals surface area contributed by atoms with Crippen LogP contribution in [-0.2, 0) is 0 Å². The first kappa shape index (κ1) is 13.9. The second-order valence-corrected chi connectivity index (χ2v) is 5.72. The number of carbonyl (C=O) groups is 1. The Morgan fingerprint density at radius 3 is 2.37 bits per heavy atom. The van der Waals surface area contributed by atoms with Crippen LogP contribution in [0.2, 0.25) is 0 Å². The van der Waals surface area contributed by atoms with E-state index in [9.17, 15) is 4.79 Å². The van der Waals surface area contributed by atoms with Crippen molar-refractivity contribution >= 4 is 11.6 Å². The van der Waals surface area contributed by atoms with Gasteiger partial charge in [-0.3, -0.25) is 4.79 Å². The molecule has 1 aliphatic carbocycles. The van der Waals surface area contributed by atoms with Gasteiger partial charge in [0.25, 0.3) is 5.91 Å². The quantitative estimate of drug-likeness (QED) is 0.841. The lowest BCUT2D eigenvalue weighted by molar-refractivity contribution is 0.0253. The van der Waals surface area contributed by atoms with Crippen molar-refractivity contribution in [2.75, 3.05) is 33.4 Å². The molecule has 1 aliphatic rings. The Kier molecular flexibility index (Phi) is 3.80. The molecule has 0 heterocycles. The Labute approximate surface area is 115 Å². The lowest BCUT2D eigenvalue weighted by Crippen LogP contribution is -2.57. The van der Waals surface area contributed by atoms with E-state index in [1.54, 1.807) is 17.0 Å². The number of nitrogens with zero attached hydrogens (tertiary/aromatic N) is 2. The van der Waals surface area contributed by atoms with E-state index < -0.39 is 0 Å². The summed E-state index contributed by atoms with van der Waals surface area (Å²) in [6, 6.07) is 7.26. The predicted molar refractivity (Wildman–Crippen MR) is 78.1 cm³/mol. The standard InChI is InChI=1S/C15H23N3O/c1-17(2)15(9-6-10-15)11-18(3)14(19)12-7-4-5-8-13(12)16/h4-5,7-8H,6,9-11,16H2,1-3H3. The lowest BCUT2D eigenvalue weighted by atomic mass is 9.75. The van der Waals surface area contributed by atoms with Gasteiger partial charge >= 0.3 is 0 Å². The number of hydrogen-bond acceptors (Lipinski definition) is 3. The van der Waals surface area contributed by atoms with Gasteiger partial charge in [-0.25, -0.2) is 0 Å². The van der Waals surface area contributed by atoms with Gasteiger partial charge in [-0.1, -0.05) is 12.1 Å². The van der Waals surface area contributed by atoms with Crippen molar-refractivity contribution in [3.63, 3.8) is 0 Å². The zero-order valence-electron chi connectivity index (χ0n) is 12.0. The fourth-order valence-electron chi connectivity index (χ4n) is 2.74. The number of benzene rings is 1. The van der Waals surface area contributed by atoms with Crippen molar-refractivity contribution in [3.05, 3.63) is 29.8 Å². The monoisotopic (exact) mass is 261 g/mol. The Hall–Kier alpha value is -1.55. The minimum Gasteiger partial charge on any atom is -0.398 e. The number of carbonyl (C=O) groups excluding carboxylic acids is 1. The largest absolute Gasteiger partial charge is 0.398 e. The third kappa shape index (κ3) is 2.59. The van der Waals surface area contributed by atoms with Crippen LogP contribution in [0.5, 0.6) is 0 Å². The molecule has 0 spiro atoms. The summed E-state index contributed by atoms with van der Waals surface area (Å²) in [5, 5.41) is 0. The number of anilines is 1. The molecule has 0 aliphatic heterocycles. The Balaban J connectivity index is 2.10. The highest BCUT2D eigenvalue weighted by Gasteiger charge is 2.40. The summed E-state index contributed by atoms with van der Waals surface area (Å²) in [4.78, 5) is 16.5. The summed E-state index contributed by atoms with van der Waals surface area (Å²) in [6.07, 6.45) is 3.55. The van der Waals surface area contributed by atoms with E-state index in [-0.39, 0.29) is 11.4 Å². The first-order chi connectivity index (χ1) is 8.96. The Morgan fingerprint density at radius 1 is 1.26 bits per heavy atom. The van der Waals surface area contributed by atoms with Crippen LogP contribution in [0.3, 0.4) is 0 Å². The van der Waals surface area contributed by atoms with E-state index in [2.05, 4.69) is 19.0 Å². The van der Waals surface area contributed by atoms with Crippen LogP contribution in [-0.4, -0.2) is 48.9 Å². The fraction of sp³-hybridized carbons (Fsp3) is 0.533. The van der Waals surface area contributed by atoms with Crippen LogP contribution >= 0.6 is 0 Å². The summed E-state index contributed by atoms with van der Waals surface area (Å²) in [5.74, 6) is 0.00576. The minimum absolute atomic E-state index is 0.00576. The zero-order valence-corrected chi connectivity index (χ0v) is 12.0. The third-order valence-electron chi connectivity index (χ3n) is 4.30. The van der Waals surface area contributed by atoms with E-state index in [0.29, 0.717) is 11.3 Å². The number of likely N-dealkylation sites (N-methyl/N-ethyl adjacent to an activating group) is 2. The van der Waals surface area contributed by atoms with Gasteiger partial charge in [-0.2, -0.15) is 0 Å². The van der Waals surface area contributed by atoms with E-state index in [0.717, 1.165) is 19.4 Å². The van der Waals surface area contributed by atoms with Gasteiger partial charge in [-0.05, 0) is 45.5 Å². The minimum atomic E-state index is 0.00576. The van der Waals surface area contributed by atoms with Gasteiger partial charge in [0.2, 0.25) is 0 Å². The van der Waals surface area contributed by atoms with E-state index in [4.69, 9.17) is 5.73 Å². The summed E-state index contributed by atoms with van der Waals surface area (Å²) in [6.45, 7) is 0.757. The molecule has 0 bridgehead atoms. The maximum atomic E-state index is 12.4. The number of amides is 1.